The summed E-state index contributed by atoms with van der Waals surface area (Å²) in [7, 11) is 0. The van der Waals surface area contributed by atoms with Crippen LogP contribution in [-0.2, 0) is 5.41 Å². The lowest BCUT2D eigenvalue weighted by Crippen LogP contribution is -2.13. The van der Waals surface area contributed by atoms with Crippen molar-refractivity contribution in [1.29, 1.82) is 0 Å². The van der Waals surface area contributed by atoms with E-state index in [2.05, 4.69) is 66.9 Å². The summed E-state index contributed by atoms with van der Waals surface area (Å²) in [6.45, 7) is 8.57. The summed E-state index contributed by atoms with van der Waals surface area (Å²) in [6.07, 6.45) is 5.16. The Morgan fingerprint density at radius 1 is 0.958 bits per heavy atom. The molecular formula is C20H20ClN3. The topological polar surface area (TPSA) is 38.7 Å². The maximum Gasteiger partial charge on any atom is 0.148 e. The van der Waals surface area contributed by atoms with Gasteiger partial charge in [0.2, 0.25) is 0 Å². The molecule has 0 aliphatic carbocycles. The fraction of sp³-hybridized carbons (Fsp3) is 0.250. The molecule has 0 bridgehead atoms. The minimum atomic E-state index is 0.0158. The van der Waals surface area contributed by atoms with Gasteiger partial charge in [-0.05, 0) is 41.8 Å². The van der Waals surface area contributed by atoms with Crippen molar-refractivity contribution in [2.45, 2.75) is 33.1 Å². The number of pyridine rings is 1. The summed E-state index contributed by atoms with van der Waals surface area (Å²) in [4.78, 5) is 13.0. The Morgan fingerprint density at radius 3 is 2.42 bits per heavy atom. The Labute approximate surface area is 147 Å². The van der Waals surface area contributed by atoms with Gasteiger partial charge in [-0.15, -0.1) is 0 Å². The second-order valence-electron chi connectivity index (χ2n) is 6.94. The minimum absolute atomic E-state index is 0.0158. The predicted molar refractivity (Wildman–Crippen MR) is 99.1 cm³/mol. The molecule has 0 aliphatic heterocycles. The van der Waals surface area contributed by atoms with Gasteiger partial charge in [-0.25, -0.2) is 4.98 Å². The van der Waals surface area contributed by atoms with Gasteiger partial charge in [0.25, 0.3) is 0 Å². The first-order chi connectivity index (χ1) is 11.3. The molecule has 3 nitrogen and oxygen atoms in total. The molecule has 1 aromatic carbocycles. The minimum Gasteiger partial charge on any atom is -0.261 e. The van der Waals surface area contributed by atoms with Gasteiger partial charge in [0.1, 0.15) is 5.15 Å². The van der Waals surface area contributed by atoms with E-state index in [9.17, 15) is 0 Å². The number of hydrogen-bond acceptors (Lipinski definition) is 3. The lowest BCUT2D eigenvalue weighted by atomic mass is 9.89. The molecule has 0 radical (unpaired) electrons. The summed E-state index contributed by atoms with van der Waals surface area (Å²) >= 11 is 5.99. The lowest BCUT2D eigenvalue weighted by Gasteiger charge is -2.18. The van der Waals surface area contributed by atoms with Crippen LogP contribution in [0.4, 0.5) is 0 Å². The summed E-state index contributed by atoms with van der Waals surface area (Å²) in [5, 5.41) is 0.399. The van der Waals surface area contributed by atoms with E-state index < -0.39 is 0 Å². The fourth-order valence-electron chi connectivity index (χ4n) is 2.57. The molecule has 0 saturated carbocycles. The highest BCUT2D eigenvalue weighted by Gasteiger charge is 2.16. The number of halogens is 1. The third kappa shape index (κ3) is 3.46. The zero-order chi connectivity index (χ0) is 17.3. The van der Waals surface area contributed by atoms with E-state index in [0.29, 0.717) is 5.15 Å². The summed E-state index contributed by atoms with van der Waals surface area (Å²) in [6, 6.07) is 10.5. The standard InChI is InChI=1S/C20H20ClN3/c1-13-5-6-14(9-16(13)17-11-22-12-19(21)24-17)15-7-8-23-18(10-15)20(2,3)4/h5-12H,1-4H3. The average Bonchev–Trinajstić information content (AvgIpc) is 2.54. The Morgan fingerprint density at radius 2 is 1.71 bits per heavy atom. The molecule has 0 aliphatic rings. The van der Waals surface area contributed by atoms with Crippen LogP contribution in [0.25, 0.3) is 22.4 Å². The molecule has 24 heavy (non-hydrogen) atoms. The highest BCUT2D eigenvalue weighted by atomic mass is 35.5. The van der Waals surface area contributed by atoms with Crippen molar-refractivity contribution in [3.8, 4) is 22.4 Å². The molecule has 0 spiro atoms. The first kappa shape index (κ1) is 16.6. The Kier molecular flexibility index (Phi) is 4.37. The van der Waals surface area contributed by atoms with Crippen LogP contribution in [0, 0.1) is 6.92 Å². The normalized spacial score (nSPS) is 11.5. The zero-order valence-electron chi connectivity index (χ0n) is 14.3. The first-order valence-corrected chi connectivity index (χ1v) is 8.28. The first-order valence-electron chi connectivity index (χ1n) is 7.90. The van der Waals surface area contributed by atoms with Gasteiger partial charge in [-0.3, -0.25) is 9.97 Å². The van der Waals surface area contributed by atoms with Gasteiger partial charge in [-0.1, -0.05) is 44.5 Å². The van der Waals surface area contributed by atoms with E-state index >= 15 is 0 Å². The number of rotatable bonds is 2. The van der Waals surface area contributed by atoms with E-state index in [1.54, 1.807) is 12.4 Å². The highest BCUT2D eigenvalue weighted by Crippen LogP contribution is 2.30. The number of hydrogen-bond donors (Lipinski definition) is 0. The fourth-order valence-corrected chi connectivity index (χ4v) is 2.72. The largest absolute Gasteiger partial charge is 0.261 e. The smallest absolute Gasteiger partial charge is 0.148 e. The molecule has 0 atom stereocenters. The molecule has 4 heteroatoms. The van der Waals surface area contributed by atoms with Crippen molar-refractivity contribution in [3.05, 3.63) is 65.3 Å². The molecule has 0 amide bonds. The molecule has 122 valence electrons. The number of aromatic nitrogens is 3. The van der Waals surface area contributed by atoms with Crippen molar-refractivity contribution in [2.75, 3.05) is 0 Å². The third-order valence-electron chi connectivity index (χ3n) is 3.98. The van der Waals surface area contributed by atoms with Gasteiger partial charge in [0, 0.05) is 22.9 Å². The quantitative estimate of drug-likeness (QED) is 0.622. The van der Waals surface area contributed by atoms with E-state index in [1.165, 1.54) is 0 Å². The maximum atomic E-state index is 5.99. The van der Waals surface area contributed by atoms with Crippen LogP contribution in [0.1, 0.15) is 32.0 Å². The SMILES string of the molecule is Cc1ccc(-c2ccnc(C(C)(C)C)c2)cc1-c1cncc(Cl)n1. The molecule has 3 rings (SSSR count). The van der Waals surface area contributed by atoms with E-state index in [-0.39, 0.29) is 5.41 Å². The predicted octanol–water partition coefficient (Wildman–Crippen LogP) is 5.46. The van der Waals surface area contributed by atoms with Gasteiger partial charge in [0.05, 0.1) is 18.1 Å². The van der Waals surface area contributed by atoms with Crippen molar-refractivity contribution in [3.63, 3.8) is 0 Å². The second-order valence-corrected chi connectivity index (χ2v) is 7.32. The maximum absolute atomic E-state index is 5.99. The Bertz CT molecular complexity index is 882. The van der Waals surface area contributed by atoms with Crippen LogP contribution in [0.5, 0.6) is 0 Å². The van der Waals surface area contributed by atoms with E-state index in [0.717, 1.165) is 33.6 Å². The average molecular weight is 338 g/mol. The molecule has 2 aromatic heterocycles. The van der Waals surface area contributed by atoms with Crippen LogP contribution in [0.15, 0.2) is 48.9 Å². The van der Waals surface area contributed by atoms with Crippen molar-refractivity contribution in [1.82, 2.24) is 15.0 Å². The van der Waals surface area contributed by atoms with Gasteiger partial charge in [0.15, 0.2) is 0 Å². The number of benzene rings is 1. The third-order valence-corrected chi connectivity index (χ3v) is 4.16. The van der Waals surface area contributed by atoms with Crippen LogP contribution in [0.2, 0.25) is 5.15 Å². The van der Waals surface area contributed by atoms with Crippen LogP contribution in [-0.4, -0.2) is 15.0 Å². The zero-order valence-corrected chi connectivity index (χ0v) is 15.1. The van der Waals surface area contributed by atoms with Crippen molar-refractivity contribution in [2.24, 2.45) is 0 Å². The monoisotopic (exact) mass is 337 g/mol. The van der Waals surface area contributed by atoms with Gasteiger partial charge >= 0.3 is 0 Å². The van der Waals surface area contributed by atoms with Gasteiger partial charge < -0.3 is 0 Å². The van der Waals surface area contributed by atoms with E-state index in [4.69, 9.17) is 11.6 Å². The summed E-state index contributed by atoms with van der Waals surface area (Å²) in [5.41, 5.74) is 6.33. The van der Waals surface area contributed by atoms with Crippen LogP contribution < -0.4 is 0 Å². The molecular weight excluding hydrogens is 318 g/mol. The highest BCUT2D eigenvalue weighted by molar-refractivity contribution is 6.29. The summed E-state index contributed by atoms with van der Waals surface area (Å²) < 4.78 is 0. The molecule has 0 fully saturated rings. The Hall–Kier alpha value is -2.26. The number of aryl methyl sites for hydroxylation is 1. The van der Waals surface area contributed by atoms with Crippen molar-refractivity contribution >= 4 is 11.6 Å². The molecule has 2 heterocycles. The summed E-state index contributed by atoms with van der Waals surface area (Å²) in [5.74, 6) is 0. The van der Waals surface area contributed by atoms with Crippen LogP contribution >= 0.6 is 11.6 Å². The molecule has 3 aromatic rings. The molecule has 0 unspecified atom stereocenters. The van der Waals surface area contributed by atoms with Crippen molar-refractivity contribution < 1.29 is 0 Å². The van der Waals surface area contributed by atoms with E-state index in [1.807, 2.05) is 12.3 Å². The molecule has 0 N–H and O–H groups in total. The molecule has 0 saturated heterocycles. The Balaban J connectivity index is 2.09. The van der Waals surface area contributed by atoms with Gasteiger partial charge in [-0.2, -0.15) is 0 Å². The number of nitrogens with zero attached hydrogens (tertiary/aromatic N) is 3. The van der Waals surface area contributed by atoms with Crippen LogP contribution in [0.3, 0.4) is 0 Å². The lowest BCUT2D eigenvalue weighted by molar-refractivity contribution is 0.569. The second kappa shape index (κ2) is 6.33.